The van der Waals surface area contributed by atoms with Gasteiger partial charge in [0.1, 0.15) is 0 Å². The molecule has 3 rings (SSSR count). The first-order valence-electron chi connectivity index (χ1n) is 5.68. The average molecular weight is 274 g/mol. The monoisotopic (exact) mass is 274 g/mol. The quantitative estimate of drug-likeness (QED) is 0.834. The van der Waals surface area contributed by atoms with Gasteiger partial charge in [0.05, 0.1) is 17.5 Å². The van der Waals surface area contributed by atoms with Gasteiger partial charge in [0.15, 0.2) is 5.16 Å². The fourth-order valence-corrected chi connectivity index (χ4v) is 2.61. The summed E-state index contributed by atoms with van der Waals surface area (Å²) in [6.45, 7) is 0. The van der Waals surface area contributed by atoms with Crippen molar-refractivity contribution in [1.82, 2.24) is 15.3 Å². The van der Waals surface area contributed by atoms with Crippen LogP contribution in [0.4, 0.5) is 4.79 Å². The molecule has 1 aliphatic heterocycles. The highest BCUT2D eigenvalue weighted by Crippen LogP contribution is 2.20. The van der Waals surface area contributed by atoms with Crippen molar-refractivity contribution < 1.29 is 9.59 Å². The van der Waals surface area contributed by atoms with Gasteiger partial charge in [0, 0.05) is 11.5 Å². The number of rotatable bonds is 3. The third kappa shape index (κ3) is 2.65. The Hall–Kier alpha value is -2.15. The van der Waals surface area contributed by atoms with E-state index in [1.165, 1.54) is 11.8 Å². The number of aromatic amines is 1. The molecule has 1 aliphatic rings. The summed E-state index contributed by atoms with van der Waals surface area (Å²) in [6.07, 6.45) is 0.166. The lowest BCUT2D eigenvalue weighted by molar-refractivity contribution is -0.118. The number of fused-ring (bicyclic) bond motifs is 1. The molecule has 19 heavy (non-hydrogen) atoms. The number of thioether (sulfide) groups is 1. The van der Waals surface area contributed by atoms with Crippen LogP contribution >= 0.6 is 11.8 Å². The Morgan fingerprint density at radius 1 is 1.26 bits per heavy atom. The van der Waals surface area contributed by atoms with Gasteiger partial charge in [0.2, 0.25) is 5.91 Å². The summed E-state index contributed by atoms with van der Waals surface area (Å²) in [5.74, 6) is 0.166. The van der Waals surface area contributed by atoms with Crippen LogP contribution in [0.15, 0.2) is 34.4 Å². The van der Waals surface area contributed by atoms with E-state index < -0.39 is 6.03 Å². The highest BCUT2D eigenvalue weighted by Gasteiger charge is 2.18. The van der Waals surface area contributed by atoms with Crippen molar-refractivity contribution in [2.24, 2.45) is 4.99 Å². The van der Waals surface area contributed by atoms with Gasteiger partial charge in [0.25, 0.3) is 0 Å². The number of para-hydroxylation sites is 2. The van der Waals surface area contributed by atoms with E-state index in [1.54, 1.807) is 0 Å². The van der Waals surface area contributed by atoms with Crippen LogP contribution < -0.4 is 5.32 Å². The summed E-state index contributed by atoms with van der Waals surface area (Å²) in [7, 11) is 0. The molecule has 6 nitrogen and oxygen atoms in total. The molecule has 2 heterocycles. The van der Waals surface area contributed by atoms with Gasteiger partial charge in [-0.15, -0.1) is 0 Å². The number of aliphatic imine (C=N–C) groups is 1. The molecule has 0 bridgehead atoms. The van der Waals surface area contributed by atoms with Crippen molar-refractivity contribution >= 4 is 40.4 Å². The van der Waals surface area contributed by atoms with Crippen LogP contribution in [0.5, 0.6) is 0 Å². The zero-order valence-corrected chi connectivity index (χ0v) is 10.7. The van der Waals surface area contributed by atoms with E-state index in [4.69, 9.17) is 0 Å². The van der Waals surface area contributed by atoms with Crippen LogP contribution in [0.1, 0.15) is 6.42 Å². The number of carbonyl (C=O) groups excluding carboxylic acids is 2. The fraction of sp³-hybridized carbons (Fsp3) is 0.167. The number of nitrogens with zero attached hydrogens (tertiary/aromatic N) is 2. The van der Waals surface area contributed by atoms with Gasteiger partial charge in [-0.2, -0.15) is 0 Å². The number of imidazole rings is 1. The van der Waals surface area contributed by atoms with Crippen molar-refractivity contribution in [3.05, 3.63) is 24.3 Å². The molecule has 7 heteroatoms. The second kappa shape index (κ2) is 4.85. The molecule has 1 aromatic heterocycles. The number of carbonyl (C=O) groups is 2. The number of amides is 3. The lowest BCUT2D eigenvalue weighted by Gasteiger charge is -2.09. The average Bonchev–Trinajstić information content (AvgIpc) is 2.78. The number of urea groups is 1. The highest BCUT2D eigenvalue weighted by molar-refractivity contribution is 7.99. The molecule has 0 atom stereocenters. The molecule has 0 aliphatic carbocycles. The summed E-state index contributed by atoms with van der Waals surface area (Å²) in [5, 5.41) is 2.88. The topological polar surface area (TPSA) is 87.2 Å². The first kappa shape index (κ1) is 11.9. The molecule has 2 aromatic rings. The second-order valence-electron chi connectivity index (χ2n) is 4.06. The number of benzene rings is 1. The maximum absolute atomic E-state index is 11.2. The molecule has 0 fully saturated rings. The highest BCUT2D eigenvalue weighted by atomic mass is 32.2. The summed E-state index contributed by atoms with van der Waals surface area (Å²) >= 11 is 1.43. The van der Waals surface area contributed by atoms with Crippen LogP contribution in [0.3, 0.4) is 0 Å². The van der Waals surface area contributed by atoms with Crippen LogP contribution in [0.2, 0.25) is 0 Å². The number of imide groups is 1. The summed E-state index contributed by atoms with van der Waals surface area (Å²) < 4.78 is 0. The Bertz CT molecular complexity index is 659. The number of aromatic nitrogens is 2. The molecule has 3 amide bonds. The summed E-state index contributed by atoms with van der Waals surface area (Å²) in [6, 6.07) is 7.14. The fourth-order valence-electron chi connectivity index (χ4n) is 1.79. The van der Waals surface area contributed by atoms with Gasteiger partial charge in [-0.05, 0) is 12.1 Å². The Kier molecular flexibility index (Phi) is 3.04. The predicted molar refractivity (Wildman–Crippen MR) is 72.4 cm³/mol. The second-order valence-corrected chi connectivity index (χ2v) is 5.02. The smallest absolute Gasteiger partial charge is 0.333 e. The standard InChI is InChI=1S/C12H10N4O2S/c17-10-5-7(13-11(18)16-10)6-19-12-14-8-3-1-2-4-9(8)15-12/h1-4H,5-6H2,(H,14,15)(H,16,17,18). The molecule has 96 valence electrons. The van der Waals surface area contributed by atoms with Gasteiger partial charge < -0.3 is 4.98 Å². The molecule has 0 unspecified atom stereocenters. The van der Waals surface area contributed by atoms with E-state index in [0.717, 1.165) is 16.2 Å². The maximum Gasteiger partial charge on any atom is 0.347 e. The van der Waals surface area contributed by atoms with Gasteiger partial charge >= 0.3 is 6.03 Å². The van der Waals surface area contributed by atoms with E-state index >= 15 is 0 Å². The molecular formula is C12H10N4O2S. The Balaban J connectivity index is 1.72. The Labute approximate surface area is 112 Å². The Morgan fingerprint density at radius 2 is 2.11 bits per heavy atom. The molecule has 0 radical (unpaired) electrons. The lowest BCUT2D eigenvalue weighted by Crippen LogP contribution is -2.35. The van der Waals surface area contributed by atoms with E-state index in [0.29, 0.717) is 11.5 Å². The van der Waals surface area contributed by atoms with Crippen molar-refractivity contribution in [3.63, 3.8) is 0 Å². The van der Waals surface area contributed by atoms with Crippen molar-refractivity contribution in [2.45, 2.75) is 11.6 Å². The number of hydrogen-bond acceptors (Lipinski definition) is 4. The molecular weight excluding hydrogens is 264 g/mol. The van der Waals surface area contributed by atoms with Gasteiger partial charge in [-0.25, -0.2) is 14.8 Å². The lowest BCUT2D eigenvalue weighted by atomic mass is 10.2. The minimum Gasteiger partial charge on any atom is -0.333 e. The number of nitrogens with one attached hydrogen (secondary N) is 2. The summed E-state index contributed by atoms with van der Waals surface area (Å²) in [5.41, 5.74) is 2.42. The van der Waals surface area contributed by atoms with Crippen molar-refractivity contribution in [2.75, 3.05) is 5.75 Å². The predicted octanol–water partition coefficient (Wildman–Crippen LogP) is 1.74. The summed E-state index contributed by atoms with van der Waals surface area (Å²) in [4.78, 5) is 33.6. The molecule has 0 saturated heterocycles. The molecule has 1 aromatic carbocycles. The van der Waals surface area contributed by atoms with Crippen molar-refractivity contribution in [1.29, 1.82) is 0 Å². The first-order chi connectivity index (χ1) is 9.20. The normalized spacial score (nSPS) is 15.5. The zero-order valence-electron chi connectivity index (χ0n) is 9.84. The minimum absolute atomic E-state index is 0.166. The van der Waals surface area contributed by atoms with E-state index in [9.17, 15) is 9.59 Å². The Morgan fingerprint density at radius 3 is 2.89 bits per heavy atom. The number of hydrogen-bond donors (Lipinski definition) is 2. The zero-order chi connectivity index (χ0) is 13.2. The third-order valence-corrected chi connectivity index (χ3v) is 3.56. The van der Waals surface area contributed by atoms with Gasteiger partial charge in [-0.1, -0.05) is 23.9 Å². The van der Waals surface area contributed by atoms with E-state index in [-0.39, 0.29) is 12.3 Å². The van der Waals surface area contributed by atoms with Crippen molar-refractivity contribution in [3.8, 4) is 0 Å². The number of H-pyrrole nitrogens is 1. The largest absolute Gasteiger partial charge is 0.347 e. The van der Waals surface area contributed by atoms with Crippen LogP contribution in [-0.4, -0.2) is 33.4 Å². The minimum atomic E-state index is -0.587. The first-order valence-corrected chi connectivity index (χ1v) is 6.67. The SMILES string of the molecule is O=C1CC(CSc2nc3ccccc3[nH]2)=NC(=O)N1. The maximum atomic E-state index is 11.2. The van der Waals surface area contributed by atoms with Crippen LogP contribution in [-0.2, 0) is 4.79 Å². The van der Waals surface area contributed by atoms with Crippen LogP contribution in [0.25, 0.3) is 11.0 Å². The van der Waals surface area contributed by atoms with E-state index in [2.05, 4.69) is 20.3 Å². The molecule has 0 saturated carbocycles. The third-order valence-electron chi connectivity index (χ3n) is 2.61. The van der Waals surface area contributed by atoms with Crippen LogP contribution in [0, 0.1) is 0 Å². The molecule has 2 N–H and O–H groups in total. The van der Waals surface area contributed by atoms with Gasteiger partial charge in [-0.3, -0.25) is 10.1 Å². The molecule has 0 spiro atoms. The van der Waals surface area contributed by atoms with E-state index in [1.807, 2.05) is 24.3 Å².